The van der Waals surface area contributed by atoms with Crippen molar-refractivity contribution >= 4 is 0 Å². The molecule has 0 aliphatic heterocycles. The second-order valence-electron chi connectivity index (χ2n) is 4.77. The van der Waals surface area contributed by atoms with Gasteiger partial charge in [-0.25, -0.2) is 8.78 Å². The molecule has 94 valence electrons. The molecule has 0 amide bonds. The number of benzene rings is 1. The highest BCUT2D eigenvalue weighted by Gasteiger charge is 2.13. The van der Waals surface area contributed by atoms with Gasteiger partial charge in [-0.15, -0.1) is 0 Å². The molecule has 1 aromatic carbocycles. The van der Waals surface area contributed by atoms with Gasteiger partial charge >= 0.3 is 0 Å². The van der Waals surface area contributed by atoms with Crippen molar-refractivity contribution in [1.29, 1.82) is 0 Å². The van der Waals surface area contributed by atoms with Gasteiger partial charge in [-0.2, -0.15) is 0 Å². The number of nitrogens with one attached hydrogen (secondary N) is 1. The molecule has 1 saturated carbocycles. The molecule has 0 unspecified atom stereocenters. The lowest BCUT2D eigenvalue weighted by Gasteiger charge is -2.11. The van der Waals surface area contributed by atoms with E-state index in [1.54, 1.807) is 0 Å². The van der Waals surface area contributed by atoms with Gasteiger partial charge in [0.05, 0.1) is 0 Å². The summed E-state index contributed by atoms with van der Waals surface area (Å²) in [6.07, 6.45) is 6.61. The van der Waals surface area contributed by atoms with Crippen LogP contribution in [-0.4, -0.2) is 12.6 Å². The van der Waals surface area contributed by atoms with Gasteiger partial charge < -0.3 is 5.32 Å². The van der Waals surface area contributed by atoms with Crippen molar-refractivity contribution in [2.75, 3.05) is 6.54 Å². The fraction of sp³-hybridized carbons (Fsp3) is 0.571. The largest absolute Gasteiger partial charge is 0.314 e. The molecule has 1 aromatic rings. The fourth-order valence-electron chi connectivity index (χ4n) is 2.45. The van der Waals surface area contributed by atoms with E-state index >= 15 is 0 Å². The third kappa shape index (κ3) is 3.77. The molecule has 0 aromatic heterocycles. The Morgan fingerprint density at radius 1 is 1.18 bits per heavy atom. The van der Waals surface area contributed by atoms with Crippen LogP contribution in [-0.2, 0) is 6.42 Å². The molecule has 0 atom stereocenters. The lowest BCUT2D eigenvalue weighted by molar-refractivity contribution is 0.510. The quantitative estimate of drug-likeness (QED) is 0.776. The first-order valence-electron chi connectivity index (χ1n) is 6.43. The van der Waals surface area contributed by atoms with E-state index < -0.39 is 0 Å². The highest BCUT2D eigenvalue weighted by molar-refractivity contribution is 5.18. The zero-order chi connectivity index (χ0) is 12.1. The van der Waals surface area contributed by atoms with Crippen molar-refractivity contribution in [3.05, 3.63) is 35.4 Å². The summed E-state index contributed by atoms with van der Waals surface area (Å²) in [7, 11) is 0. The van der Waals surface area contributed by atoms with Crippen LogP contribution in [0.2, 0.25) is 0 Å². The summed E-state index contributed by atoms with van der Waals surface area (Å²) in [5.41, 5.74) is 0.484. The maximum Gasteiger partial charge on any atom is 0.126 e. The second-order valence-corrected chi connectivity index (χ2v) is 4.77. The zero-order valence-electron chi connectivity index (χ0n) is 10.0. The minimum atomic E-state index is -0.356. The Hall–Kier alpha value is -0.960. The van der Waals surface area contributed by atoms with Crippen LogP contribution in [0, 0.1) is 11.6 Å². The first kappa shape index (κ1) is 12.5. The first-order chi connectivity index (χ1) is 8.25. The van der Waals surface area contributed by atoms with E-state index in [-0.39, 0.29) is 11.6 Å². The standard InChI is InChI=1S/C14H19F2N/c15-12-7-8-14(16)11(10-12)4-3-9-17-13-5-1-2-6-13/h7-8,10,13,17H,1-6,9H2. The summed E-state index contributed by atoms with van der Waals surface area (Å²) in [5.74, 6) is -0.655. The molecule has 1 N–H and O–H groups in total. The maximum absolute atomic E-state index is 13.3. The SMILES string of the molecule is Fc1ccc(F)c(CCCNC2CCCC2)c1. The van der Waals surface area contributed by atoms with Crippen molar-refractivity contribution in [3.63, 3.8) is 0 Å². The fourth-order valence-corrected chi connectivity index (χ4v) is 2.45. The summed E-state index contributed by atoms with van der Waals surface area (Å²) in [4.78, 5) is 0. The number of rotatable bonds is 5. The summed E-state index contributed by atoms with van der Waals surface area (Å²) >= 11 is 0. The molecule has 0 bridgehead atoms. The van der Waals surface area contributed by atoms with Gasteiger partial charge in [0.15, 0.2) is 0 Å². The highest BCUT2D eigenvalue weighted by atomic mass is 19.1. The zero-order valence-corrected chi connectivity index (χ0v) is 10.0. The molecule has 0 spiro atoms. The van der Waals surface area contributed by atoms with E-state index in [2.05, 4.69) is 5.32 Å². The van der Waals surface area contributed by atoms with Crippen LogP contribution in [0.3, 0.4) is 0 Å². The van der Waals surface area contributed by atoms with E-state index in [1.807, 2.05) is 0 Å². The molecule has 1 aliphatic rings. The molecule has 1 nitrogen and oxygen atoms in total. The minimum absolute atomic E-state index is 0.299. The Morgan fingerprint density at radius 2 is 1.94 bits per heavy atom. The lowest BCUT2D eigenvalue weighted by Crippen LogP contribution is -2.27. The summed E-state index contributed by atoms with van der Waals surface area (Å²) in [6, 6.07) is 4.31. The summed E-state index contributed by atoms with van der Waals surface area (Å²) in [5, 5.41) is 3.47. The third-order valence-electron chi connectivity index (χ3n) is 3.42. The Kier molecular flexibility index (Phi) is 4.49. The summed E-state index contributed by atoms with van der Waals surface area (Å²) < 4.78 is 26.2. The Morgan fingerprint density at radius 3 is 2.71 bits per heavy atom. The number of hydrogen-bond donors (Lipinski definition) is 1. The van der Waals surface area contributed by atoms with E-state index in [0.29, 0.717) is 18.0 Å². The number of hydrogen-bond acceptors (Lipinski definition) is 1. The van der Waals surface area contributed by atoms with Gasteiger partial charge in [-0.05, 0) is 56.0 Å². The van der Waals surface area contributed by atoms with Crippen molar-refractivity contribution in [2.45, 2.75) is 44.6 Å². The van der Waals surface area contributed by atoms with Gasteiger partial charge in [-0.3, -0.25) is 0 Å². The molecule has 0 radical (unpaired) electrons. The molecule has 1 aliphatic carbocycles. The average Bonchev–Trinajstić information content (AvgIpc) is 2.82. The second kappa shape index (κ2) is 6.10. The third-order valence-corrected chi connectivity index (χ3v) is 3.42. The van der Waals surface area contributed by atoms with Crippen LogP contribution in [0.1, 0.15) is 37.7 Å². The number of aryl methyl sites for hydroxylation is 1. The molecule has 1 fully saturated rings. The van der Waals surface area contributed by atoms with Crippen molar-refractivity contribution in [2.24, 2.45) is 0 Å². The van der Waals surface area contributed by atoms with Crippen LogP contribution in [0.15, 0.2) is 18.2 Å². The molecule has 17 heavy (non-hydrogen) atoms. The van der Waals surface area contributed by atoms with Gasteiger partial charge in [0.2, 0.25) is 0 Å². The lowest BCUT2D eigenvalue weighted by atomic mass is 10.1. The minimum Gasteiger partial charge on any atom is -0.314 e. The molecular formula is C14H19F2N. The van der Waals surface area contributed by atoms with Crippen LogP contribution in [0.5, 0.6) is 0 Å². The highest BCUT2D eigenvalue weighted by Crippen LogP contribution is 2.17. The molecule has 3 heteroatoms. The molecule has 0 saturated heterocycles. The molecule has 0 heterocycles. The predicted molar refractivity (Wildman–Crippen MR) is 64.9 cm³/mol. The molecular weight excluding hydrogens is 220 g/mol. The smallest absolute Gasteiger partial charge is 0.126 e. The Labute approximate surface area is 101 Å². The maximum atomic E-state index is 13.3. The monoisotopic (exact) mass is 239 g/mol. The van der Waals surface area contributed by atoms with Crippen molar-refractivity contribution in [1.82, 2.24) is 5.32 Å². The van der Waals surface area contributed by atoms with E-state index in [9.17, 15) is 8.78 Å². The Bertz CT molecular complexity index is 359. The summed E-state index contributed by atoms with van der Waals surface area (Å²) in [6.45, 7) is 0.890. The molecule has 2 rings (SSSR count). The van der Waals surface area contributed by atoms with Crippen LogP contribution < -0.4 is 5.32 Å². The predicted octanol–water partition coefficient (Wildman–Crippen LogP) is 3.43. The van der Waals surface area contributed by atoms with Crippen molar-refractivity contribution in [3.8, 4) is 0 Å². The van der Waals surface area contributed by atoms with Gasteiger partial charge in [0.1, 0.15) is 11.6 Å². The first-order valence-corrected chi connectivity index (χ1v) is 6.43. The number of halogens is 2. The van der Waals surface area contributed by atoms with E-state index in [1.165, 1.54) is 37.8 Å². The van der Waals surface area contributed by atoms with Gasteiger partial charge in [0.25, 0.3) is 0 Å². The van der Waals surface area contributed by atoms with Crippen LogP contribution >= 0.6 is 0 Å². The van der Waals surface area contributed by atoms with E-state index in [0.717, 1.165) is 19.0 Å². The van der Waals surface area contributed by atoms with E-state index in [4.69, 9.17) is 0 Å². The van der Waals surface area contributed by atoms with Gasteiger partial charge in [0, 0.05) is 6.04 Å². The van der Waals surface area contributed by atoms with Crippen molar-refractivity contribution < 1.29 is 8.78 Å². The Balaban J connectivity index is 1.72. The van der Waals surface area contributed by atoms with Gasteiger partial charge in [-0.1, -0.05) is 12.8 Å². The van der Waals surface area contributed by atoms with Crippen LogP contribution in [0.25, 0.3) is 0 Å². The topological polar surface area (TPSA) is 12.0 Å². The average molecular weight is 239 g/mol. The van der Waals surface area contributed by atoms with Crippen LogP contribution in [0.4, 0.5) is 8.78 Å². The normalized spacial score (nSPS) is 16.6.